The van der Waals surface area contributed by atoms with E-state index < -0.39 is 0 Å². The monoisotopic (exact) mass is 630 g/mol. The van der Waals surface area contributed by atoms with Gasteiger partial charge in [-0.2, -0.15) is 0 Å². The van der Waals surface area contributed by atoms with E-state index >= 15 is 0 Å². The van der Waals surface area contributed by atoms with Crippen LogP contribution in [0.2, 0.25) is 0 Å². The van der Waals surface area contributed by atoms with E-state index in [1.54, 1.807) is 0 Å². The van der Waals surface area contributed by atoms with Gasteiger partial charge in [0.05, 0.1) is 0 Å². The predicted octanol–water partition coefficient (Wildman–Crippen LogP) is 14.2. The Morgan fingerprint density at radius 2 is 0.740 bits per heavy atom. The molecule has 230 valence electrons. The lowest BCUT2D eigenvalue weighted by atomic mass is 9.85. The molecule has 0 aromatic heterocycles. The summed E-state index contributed by atoms with van der Waals surface area (Å²) in [5.41, 5.74) is 5.01. The molecule has 0 unspecified atom stereocenters. The molecular weight excluding hydrogens is 601 g/mol. The Bertz CT molecular complexity index is 3200. The number of hydrogen-bond donors (Lipinski definition) is 0. The second-order valence-electron chi connectivity index (χ2n) is 13.6. The van der Waals surface area contributed by atoms with Gasteiger partial charge in [-0.05, 0) is 127 Å². The molecule has 50 heavy (non-hydrogen) atoms. The van der Waals surface area contributed by atoms with Crippen molar-refractivity contribution in [1.82, 2.24) is 0 Å². The number of fused-ring (bicyclic) bond motifs is 9. The average Bonchev–Trinajstić information content (AvgIpc) is 3.18. The van der Waals surface area contributed by atoms with E-state index in [0.29, 0.717) is 0 Å². The first kappa shape index (κ1) is 27.5. The summed E-state index contributed by atoms with van der Waals surface area (Å²) in [6.45, 7) is 0. The quantitative estimate of drug-likeness (QED) is 0.132. The van der Waals surface area contributed by atoms with Gasteiger partial charge in [-0.3, -0.25) is 0 Å². The highest BCUT2D eigenvalue weighted by Crippen LogP contribution is 2.45. The van der Waals surface area contributed by atoms with Gasteiger partial charge in [0.1, 0.15) is 0 Å². The summed E-state index contributed by atoms with van der Waals surface area (Å²) in [6, 6.07) is 67.7. The van der Waals surface area contributed by atoms with Crippen molar-refractivity contribution >= 4 is 86.2 Å². The summed E-state index contributed by atoms with van der Waals surface area (Å²) in [6.07, 6.45) is 0. The fourth-order valence-electron chi connectivity index (χ4n) is 8.82. The first-order valence-electron chi connectivity index (χ1n) is 17.4. The maximum absolute atomic E-state index is 2.43. The number of benzene rings is 10. The minimum absolute atomic E-state index is 1.23. The molecule has 0 aliphatic rings. The van der Waals surface area contributed by atoms with E-state index in [4.69, 9.17) is 0 Å². The SMILES string of the molecule is c1cc(-c2c3ccccc3cc3c2ccc2ccccc23)cc(-c2cc3cccc4c5ccccc5c5ccccc5c5cccc2c5c34)c1. The van der Waals surface area contributed by atoms with Crippen molar-refractivity contribution in [3.8, 4) is 22.3 Å². The Morgan fingerprint density at radius 1 is 0.220 bits per heavy atom. The molecule has 0 saturated heterocycles. The first-order chi connectivity index (χ1) is 24.8. The van der Waals surface area contributed by atoms with Crippen molar-refractivity contribution in [2.45, 2.75) is 0 Å². The summed E-state index contributed by atoms with van der Waals surface area (Å²) in [7, 11) is 0. The van der Waals surface area contributed by atoms with Gasteiger partial charge in [0.15, 0.2) is 0 Å². The van der Waals surface area contributed by atoms with Crippen molar-refractivity contribution in [2.75, 3.05) is 0 Å². The van der Waals surface area contributed by atoms with Crippen LogP contribution in [0.5, 0.6) is 0 Å². The van der Waals surface area contributed by atoms with Crippen LogP contribution >= 0.6 is 0 Å². The third-order valence-corrected chi connectivity index (χ3v) is 11.0. The fourth-order valence-corrected chi connectivity index (χ4v) is 8.82. The van der Waals surface area contributed by atoms with E-state index in [1.165, 1.54) is 108 Å². The topological polar surface area (TPSA) is 0 Å². The molecule has 11 rings (SSSR count). The van der Waals surface area contributed by atoms with Gasteiger partial charge in [0.2, 0.25) is 0 Å². The van der Waals surface area contributed by atoms with Gasteiger partial charge in [0, 0.05) is 0 Å². The van der Waals surface area contributed by atoms with Crippen LogP contribution in [0.3, 0.4) is 0 Å². The Kier molecular flexibility index (Phi) is 5.76. The standard InChI is InChI=1S/C50H30/c1-3-17-36-31(12-1)26-27-45-47(36)29-33-13-2-4-18-37(33)48(45)34-15-9-14-32(28-34)46-30-35-16-10-23-42-40-21-7-5-19-38(40)39-20-6-8-22-41(39)43-24-11-25-44(46)50(43)49(35)42/h1-30H. The smallest absolute Gasteiger partial charge is 0.00141 e. The van der Waals surface area contributed by atoms with E-state index in [9.17, 15) is 0 Å². The van der Waals surface area contributed by atoms with Gasteiger partial charge >= 0.3 is 0 Å². The summed E-state index contributed by atoms with van der Waals surface area (Å²) in [4.78, 5) is 0. The third kappa shape index (κ3) is 3.88. The maximum Gasteiger partial charge on any atom is -0.00141 e. The Hall–Kier alpha value is -6.50. The molecule has 0 spiro atoms. The molecule has 0 saturated carbocycles. The zero-order chi connectivity index (χ0) is 32.8. The predicted molar refractivity (Wildman–Crippen MR) is 217 cm³/mol. The van der Waals surface area contributed by atoms with Crippen LogP contribution in [0, 0.1) is 0 Å². The molecule has 0 heteroatoms. The van der Waals surface area contributed by atoms with Gasteiger partial charge < -0.3 is 0 Å². The first-order valence-corrected chi connectivity index (χ1v) is 17.4. The molecule has 11 aromatic rings. The van der Waals surface area contributed by atoms with Gasteiger partial charge in [-0.25, -0.2) is 0 Å². The average molecular weight is 631 g/mol. The molecule has 11 aromatic carbocycles. The van der Waals surface area contributed by atoms with E-state index in [0.717, 1.165) is 0 Å². The summed E-state index contributed by atoms with van der Waals surface area (Å²) >= 11 is 0. The van der Waals surface area contributed by atoms with Crippen LogP contribution in [0.25, 0.3) is 108 Å². The summed E-state index contributed by atoms with van der Waals surface area (Å²) < 4.78 is 0. The van der Waals surface area contributed by atoms with Crippen molar-refractivity contribution in [1.29, 1.82) is 0 Å². The Morgan fingerprint density at radius 3 is 1.50 bits per heavy atom. The molecule has 0 atom stereocenters. The zero-order valence-corrected chi connectivity index (χ0v) is 27.3. The molecule has 0 heterocycles. The fraction of sp³-hybridized carbons (Fsp3) is 0. The van der Waals surface area contributed by atoms with E-state index in [-0.39, 0.29) is 0 Å². The van der Waals surface area contributed by atoms with E-state index in [2.05, 4.69) is 182 Å². The second kappa shape index (κ2) is 10.5. The van der Waals surface area contributed by atoms with Crippen molar-refractivity contribution in [2.24, 2.45) is 0 Å². The molecule has 0 nitrogen and oxygen atoms in total. The second-order valence-corrected chi connectivity index (χ2v) is 13.6. The number of hydrogen-bond acceptors (Lipinski definition) is 0. The molecular formula is C50H30. The highest BCUT2D eigenvalue weighted by Gasteiger charge is 2.17. The highest BCUT2D eigenvalue weighted by molar-refractivity contribution is 6.34. The van der Waals surface area contributed by atoms with Crippen LogP contribution in [0.4, 0.5) is 0 Å². The molecule has 0 radical (unpaired) electrons. The third-order valence-electron chi connectivity index (χ3n) is 11.0. The van der Waals surface area contributed by atoms with Crippen LogP contribution in [0.1, 0.15) is 0 Å². The van der Waals surface area contributed by atoms with Crippen LogP contribution < -0.4 is 0 Å². The largest absolute Gasteiger partial charge is 0.0616 e. The molecule has 0 fully saturated rings. The summed E-state index contributed by atoms with van der Waals surface area (Å²) in [5, 5.41) is 20.6. The normalized spacial score (nSPS) is 12.0. The molecule has 0 bridgehead atoms. The Balaban J connectivity index is 1.26. The van der Waals surface area contributed by atoms with E-state index in [1.807, 2.05) is 0 Å². The number of rotatable bonds is 2. The lowest BCUT2D eigenvalue weighted by molar-refractivity contribution is 1.65. The van der Waals surface area contributed by atoms with Crippen LogP contribution in [-0.4, -0.2) is 0 Å². The lowest BCUT2D eigenvalue weighted by Gasteiger charge is -2.18. The van der Waals surface area contributed by atoms with Crippen molar-refractivity contribution < 1.29 is 0 Å². The molecule has 0 N–H and O–H groups in total. The molecule has 0 aliphatic carbocycles. The molecule has 0 amide bonds. The van der Waals surface area contributed by atoms with Crippen LogP contribution in [0.15, 0.2) is 182 Å². The lowest BCUT2D eigenvalue weighted by Crippen LogP contribution is -1.90. The van der Waals surface area contributed by atoms with Gasteiger partial charge in [0.25, 0.3) is 0 Å². The summed E-state index contributed by atoms with van der Waals surface area (Å²) in [5.74, 6) is 0. The minimum Gasteiger partial charge on any atom is -0.0616 e. The van der Waals surface area contributed by atoms with Gasteiger partial charge in [-0.15, -0.1) is 0 Å². The maximum atomic E-state index is 2.43. The Labute approximate surface area is 289 Å². The van der Waals surface area contributed by atoms with Crippen molar-refractivity contribution in [3.05, 3.63) is 182 Å². The van der Waals surface area contributed by atoms with Crippen LogP contribution in [-0.2, 0) is 0 Å². The van der Waals surface area contributed by atoms with Gasteiger partial charge in [-0.1, -0.05) is 164 Å². The minimum atomic E-state index is 1.23. The van der Waals surface area contributed by atoms with Crippen molar-refractivity contribution in [3.63, 3.8) is 0 Å². The highest BCUT2D eigenvalue weighted by atomic mass is 14.2. The molecule has 0 aliphatic heterocycles. The zero-order valence-electron chi connectivity index (χ0n) is 27.3.